The third-order valence-corrected chi connectivity index (χ3v) is 5.79. The van der Waals surface area contributed by atoms with Crippen LogP contribution in [0.25, 0.3) is 0 Å². The Balaban J connectivity index is 2.26. The first-order chi connectivity index (χ1) is 14.0. The van der Waals surface area contributed by atoms with Crippen LogP contribution in [0.5, 0.6) is 0 Å². The second-order valence-electron chi connectivity index (χ2n) is 6.27. The number of amides is 1. The third-order valence-electron chi connectivity index (χ3n) is 4.00. The van der Waals surface area contributed by atoms with E-state index in [0.29, 0.717) is 0 Å². The summed E-state index contributed by atoms with van der Waals surface area (Å²) in [7, 11) is -1.75. The molecule has 0 unspecified atom stereocenters. The molecule has 0 spiro atoms. The van der Waals surface area contributed by atoms with Crippen LogP contribution in [0, 0.1) is 13.8 Å². The number of methoxy groups -OCH3 is 2. The van der Waals surface area contributed by atoms with Crippen molar-refractivity contribution in [3.63, 3.8) is 0 Å². The van der Waals surface area contributed by atoms with Crippen molar-refractivity contribution in [3.8, 4) is 0 Å². The second-order valence-corrected chi connectivity index (χ2v) is 7.92. The number of carbonyl (C=O) groups excluding carboxylic acids is 3. The van der Waals surface area contributed by atoms with Crippen molar-refractivity contribution in [2.75, 3.05) is 19.5 Å². The van der Waals surface area contributed by atoms with Gasteiger partial charge in [0.2, 0.25) is 15.9 Å². The maximum absolute atomic E-state index is 12.6. The Hall–Kier alpha value is -3.25. The fourth-order valence-electron chi connectivity index (χ4n) is 2.63. The highest BCUT2D eigenvalue weighted by molar-refractivity contribution is 7.89. The van der Waals surface area contributed by atoms with Crippen molar-refractivity contribution < 1.29 is 36.8 Å². The molecule has 0 radical (unpaired) electrons. The lowest BCUT2D eigenvalue weighted by molar-refractivity contribution is -0.117. The van der Waals surface area contributed by atoms with Gasteiger partial charge in [0.05, 0.1) is 31.4 Å². The first kappa shape index (κ1) is 23.0. The van der Waals surface area contributed by atoms with E-state index in [1.165, 1.54) is 39.0 Å². The highest BCUT2D eigenvalue weighted by Crippen LogP contribution is 2.20. The van der Waals surface area contributed by atoms with Gasteiger partial charge in [-0.2, -0.15) is 4.72 Å². The Labute approximate surface area is 172 Å². The van der Waals surface area contributed by atoms with Crippen LogP contribution >= 0.6 is 0 Å². The second kappa shape index (κ2) is 9.05. The van der Waals surface area contributed by atoms with Crippen LogP contribution < -0.4 is 10.0 Å². The number of rotatable bonds is 7. The minimum absolute atomic E-state index is 0.000320. The molecule has 2 aromatic rings. The quantitative estimate of drug-likeness (QED) is 0.605. The average molecular weight is 439 g/mol. The zero-order valence-electron chi connectivity index (χ0n) is 16.9. The van der Waals surface area contributed by atoms with Gasteiger partial charge < -0.3 is 19.3 Å². The Morgan fingerprint density at radius 1 is 1.03 bits per heavy atom. The topological polar surface area (TPSA) is 154 Å². The number of benzene rings is 1. The normalized spacial score (nSPS) is 12.2. The van der Waals surface area contributed by atoms with Gasteiger partial charge in [0.1, 0.15) is 10.6 Å². The van der Waals surface area contributed by atoms with E-state index >= 15 is 0 Å². The number of aromatic nitrogens is 1. The molecule has 0 aliphatic heterocycles. The van der Waals surface area contributed by atoms with Crippen LogP contribution in [-0.4, -0.2) is 51.7 Å². The summed E-state index contributed by atoms with van der Waals surface area (Å²) in [5.41, 5.74) is 0.229. The van der Waals surface area contributed by atoms with Gasteiger partial charge in [-0.15, -0.1) is 0 Å². The summed E-state index contributed by atoms with van der Waals surface area (Å²) in [6.45, 7) is 4.23. The molecule has 11 nitrogen and oxygen atoms in total. The molecule has 1 amide bonds. The molecule has 0 saturated heterocycles. The van der Waals surface area contributed by atoms with Crippen molar-refractivity contribution in [1.29, 1.82) is 0 Å². The lowest BCUT2D eigenvalue weighted by Crippen LogP contribution is -2.41. The van der Waals surface area contributed by atoms with Gasteiger partial charge in [-0.1, -0.05) is 5.16 Å². The number of nitrogens with one attached hydrogen (secondary N) is 2. The molecular formula is C18H21N3O8S. The largest absolute Gasteiger partial charge is 0.465 e. The van der Waals surface area contributed by atoms with Gasteiger partial charge in [0.15, 0.2) is 5.76 Å². The van der Waals surface area contributed by atoms with Crippen LogP contribution in [0.4, 0.5) is 5.69 Å². The summed E-state index contributed by atoms with van der Waals surface area (Å²) in [5, 5.41) is 6.05. The fourth-order valence-corrected chi connectivity index (χ4v) is 4.16. The number of aryl methyl sites for hydroxylation is 2. The number of anilines is 1. The first-order valence-electron chi connectivity index (χ1n) is 8.58. The Kier molecular flexibility index (Phi) is 6.95. The average Bonchev–Trinajstić information content (AvgIpc) is 3.04. The number of carbonyl (C=O) groups is 3. The van der Waals surface area contributed by atoms with E-state index in [9.17, 15) is 22.8 Å². The van der Waals surface area contributed by atoms with Crippen LogP contribution in [0.1, 0.15) is 39.1 Å². The Morgan fingerprint density at radius 3 is 2.00 bits per heavy atom. The lowest BCUT2D eigenvalue weighted by Gasteiger charge is -2.15. The number of ether oxygens (including phenoxy) is 2. The van der Waals surface area contributed by atoms with Gasteiger partial charge in [0.25, 0.3) is 0 Å². The standard InChI is InChI=1S/C18H21N3O8S/c1-9-15(11(3)29-20-9)30(25,26)21-10(2)16(22)19-14-7-12(17(23)27-4)6-13(8-14)18(24)28-5/h6-8,10,21H,1-5H3,(H,19,22)/t10-/m0/s1. The molecule has 162 valence electrons. The summed E-state index contributed by atoms with van der Waals surface area (Å²) in [4.78, 5) is 36.0. The van der Waals surface area contributed by atoms with E-state index < -0.39 is 33.9 Å². The molecule has 1 atom stereocenters. The zero-order chi connectivity index (χ0) is 22.6. The molecule has 0 bridgehead atoms. The Bertz CT molecular complexity index is 1040. The SMILES string of the molecule is COC(=O)c1cc(NC(=O)[C@H](C)NS(=O)(=O)c2c(C)noc2C)cc(C(=O)OC)c1. The molecule has 0 saturated carbocycles. The summed E-state index contributed by atoms with van der Waals surface area (Å²) in [6.07, 6.45) is 0. The maximum atomic E-state index is 12.6. The number of hydrogen-bond acceptors (Lipinski definition) is 9. The molecule has 12 heteroatoms. The van der Waals surface area contributed by atoms with E-state index in [2.05, 4.69) is 24.7 Å². The van der Waals surface area contributed by atoms with Crippen LogP contribution in [0.15, 0.2) is 27.6 Å². The monoisotopic (exact) mass is 439 g/mol. The van der Waals surface area contributed by atoms with E-state index in [4.69, 9.17) is 4.52 Å². The predicted molar refractivity (Wildman–Crippen MR) is 104 cm³/mol. The fraction of sp³-hybridized carbons (Fsp3) is 0.333. The number of esters is 2. The highest BCUT2D eigenvalue weighted by Gasteiger charge is 2.28. The van der Waals surface area contributed by atoms with E-state index in [1.54, 1.807) is 0 Å². The van der Waals surface area contributed by atoms with Crippen molar-refractivity contribution >= 4 is 33.6 Å². The lowest BCUT2D eigenvalue weighted by atomic mass is 10.1. The summed E-state index contributed by atoms with van der Waals surface area (Å²) >= 11 is 0. The molecule has 30 heavy (non-hydrogen) atoms. The van der Waals surface area contributed by atoms with Crippen molar-refractivity contribution in [2.45, 2.75) is 31.7 Å². The maximum Gasteiger partial charge on any atom is 0.337 e. The van der Waals surface area contributed by atoms with Crippen LogP contribution in [-0.2, 0) is 24.3 Å². The Morgan fingerprint density at radius 2 is 1.57 bits per heavy atom. The smallest absolute Gasteiger partial charge is 0.337 e. The van der Waals surface area contributed by atoms with E-state index in [1.807, 2.05) is 0 Å². The van der Waals surface area contributed by atoms with E-state index in [0.717, 1.165) is 14.2 Å². The number of nitrogens with zero attached hydrogens (tertiary/aromatic N) is 1. The van der Waals surface area contributed by atoms with Gasteiger partial charge in [-0.25, -0.2) is 18.0 Å². The highest BCUT2D eigenvalue weighted by atomic mass is 32.2. The molecule has 2 N–H and O–H groups in total. The third kappa shape index (κ3) is 5.02. The van der Waals surface area contributed by atoms with Gasteiger partial charge in [0, 0.05) is 5.69 Å². The van der Waals surface area contributed by atoms with Crippen molar-refractivity contribution in [3.05, 3.63) is 40.8 Å². The van der Waals surface area contributed by atoms with Gasteiger partial charge >= 0.3 is 11.9 Å². The molecule has 1 aromatic heterocycles. The van der Waals surface area contributed by atoms with Gasteiger partial charge in [-0.05, 0) is 39.0 Å². The van der Waals surface area contributed by atoms with Crippen LogP contribution in [0.2, 0.25) is 0 Å². The minimum atomic E-state index is -4.08. The van der Waals surface area contributed by atoms with Crippen molar-refractivity contribution in [1.82, 2.24) is 9.88 Å². The number of hydrogen-bond donors (Lipinski definition) is 2. The molecule has 0 fully saturated rings. The molecule has 1 heterocycles. The predicted octanol–water partition coefficient (Wildman–Crippen LogP) is 1.17. The first-order valence-corrected chi connectivity index (χ1v) is 10.1. The molecule has 2 rings (SSSR count). The summed E-state index contributed by atoms with van der Waals surface area (Å²) in [6, 6.07) is 2.61. The molecule has 0 aliphatic rings. The number of sulfonamides is 1. The minimum Gasteiger partial charge on any atom is -0.465 e. The van der Waals surface area contributed by atoms with Gasteiger partial charge in [-0.3, -0.25) is 4.79 Å². The molecular weight excluding hydrogens is 418 g/mol. The van der Waals surface area contributed by atoms with E-state index in [-0.39, 0.29) is 33.2 Å². The van der Waals surface area contributed by atoms with Crippen molar-refractivity contribution in [2.24, 2.45) is 0 Å². The molecule has 1 aromatic carbocycles. The zero-order valence-corrected chi connectivity index (χ0v) is 17.7. The molecule has 0 aliphatic carbocycles. The summed E-state index contributed by atoms with van der Waals surface area (Å²) in [5.74, 6) is -2.11. The summed E-state index contributed by atoms with van der Waals surface area (Å²) < 4.78 is 41.5. The van der Waals surface area contributed by atoms with Crippen LogP contribution in [0.3, 0.4) is 0 Å².